The molecular formula is C15H19NO3. The van der Waals surface area contributed by atoms with Gasteiger partial charge in [-0.15, -0.1) is 0 Å². The van der Waals surface area contributed by atoms with Crippen LogP contribution in [-0.4, -0.2) is 31.6 Å². The minimum absolute atomic E-state index is 0.0328. The fraction of sp³-hybridized carbons (Fsp3) is 0.400. The lowest BCUT2D eigenvalue weighted by molar-refractivity contribution is -0.125. The minimum Gasteiger partial charge on any atom is -0.497 e. The van der Waals surface area contributed by atoms with Crippen molar-refractivity contribution < 1.29 is 14.3 Å². The highest BCUT2D eigenvalue weighted by atomic mass is 16.5. The molecule has 4 nitrogen and oxygen atoms in total. The smallest absolute Gasteiger partial charge is 0.249 e. The van der Waals surface area contributed by atoms with Gasteiger partial charge >= 0.3 is 0 Å². The average Bonchev–Trinajstić information content (AvgIpc) is 2.67. The molecule has 1 aromatic carbocycles. The van der Waals surface area contributed by atoms with E-state index in [0.717, 1.165) is 17.1 Å². The van der Waals surface area contributed by atoms with Gasteiger partial charge in [-0.1, -0.05) is 13.5 Å². The van der Waals surface area contributed by atoms with Crippen molar-refractivity contribution in [2.45, 2.75) is 13.5 Å². The van der Waals surface area contributed by atoms with E-state index < -0.39 is 0 Å². The lowest BCUT2D eigenvalue weighted by Crippen LogP contribution is -2.25. The fourth-order valence-electron chi connectivity index (χ4n) is 2.26. The second-order valence-electron chi connectivity index (χ2n) is 4.79. The standard InChI is InChI=1S/C15H19NO3/c1-10-8-16(15(17)11(10)2)9-12-5-6-13(18-3)7-14(12)19-4/h5-7,10H,2,8-9H2,1,3-4H3. The van der Waals surface area contributed by atoms with Gasteiger partial charge in [-0.05, 0) is 12.1 Å². The number of likely N-dealkylation sites (tertiary alicyclic amines) is 1. The maximum absolute atomic E-state index is 12.0. The summed E-state index contributed by atoms with van der Waals surface area (Å²) in [7, 11) is 3.23. The largest absolute Gasteiger partial charge is 0.497 e. The number of hydrogen-bond acceptors (Lipinski definition) is 3. The molecule has 0 bridgehead atoms. The van der Waals surface area contributed by atoms with Gasteiger partial charge in [0.2, 0.25) is 5.91 Å². The number of nitrogens with zero attached hydrogens (tertiary/aromatic N) is 1. The monoisotopic (exact) mass is 261 g/mol. The van der Waals surface area contributed by atoms with E-state index in [-0.39, 0.29) is 11.8 Å². The fourth-order valence-corrected chi connectivity index (χ4v) is 2.26. The van der Waals surface area contributed by atoms with E-state index in [1.54, 1.807) is 19.1 Å². The lowest BCUT2D eigenvalue weighted by Gasteiger charge is -2.18. The normalized spacial score (nSPS) is 18.9. The van der Waals surface area contributed by atoms with Gasteiger partial charge in [-0.2, -0.15) is 0 Å². The second kappa shape index (κ2) is 5.34. The van der Waals surface area contributed by atoms with E-state index in [2.05, 4.69) is 6.58 Å². The number of methoxy groups -OCH3 is 2. The first-order chi connectivity index (χ1) is 9.06. The van der Waals surface area contributed by atoms with E-state index >= 15 is 0 Å². The molecule has 0 spiro atoms. The summed E-state index contributed by atoms with van der Waals surface area (Å²) in [5, 5.41) is 0. The van der Waals surface area contributed by atoms with Gasteiger partial charge in [0.05, 0.1) is 14.2 Å². The molecular weight excluding hydrogens is 242 g/mol. The molecule has 1 amide bonds. The molecule has 0 aliphatic carbocycles. The summed E-state index contributed by atoms with van der Waals surface area (Å²) < 4.78 is 10.5. The molecule has 1 unspecified atom stereocenters. The molecule has 2 rings (SSSR count). The molecule has 0 saturated carbocycles. The summed E-state index contributed by atoms with van der Waals surface area (Å²) >= 11 is 0. The Morgan fingerprint density at radius 1 is 1.37 bits per heavy atom. The molecule has 1 heterocycles. The van der Waals surface area contributed by atoms with Crippen molar-refractivity contribution in [3.63, 3.8) is 0 Å². The Morgan fingerprint density at radius 2 is 2.11 bits per heavy atom. The Bertz CT molecular complexity index is 510. The minimum atomic E-state index is 0.0328. The Labute approximate surface area is 113 Å². The Hall–Kier alpha value is -1.97. The van der Waals surface area contributed by atoms with E-state index in [1.165, 1.54) is 0 Å². The van der Waals surface area contributed by atoms with Crippen LogP contribution in [0.2, 0.25) is 0 Å². The van der Waals surface area contributed by atoms with Gasteiger partial charge in [-0.25, -0.2) is 0 Å². The quantitative estimate of drug-likeness (QED) is 0.780. The highest BCUT2D eigenvalue weighted by Crippen LogP contribution is 2.29. The molecule has 4 heteroatoms. The third kappa shape index (κ3) is 2.57. The van der Waals surface area contributed by atoms with Gasteiger partial charge in [0.1, 0.15) is 11.5 Å². The van der Waals surface area contributed by atoms with Crippen LogP contribution in [0.15, 0.2) is 30.4 Å². The molecule has 19 heavy (non-hydrogen) atoms. The topological polar surface area (TPSA) is 38.8 Å². The first kappa shape index (κ1) is 13.5. The first-order valence-corrected chi connectivity index (χ1v) is 6.25. The maximum atomic E-state index is 12.0. The number of amides is 1. The molecule has 1 fully saturated rings. The van der Waals surface area contributed by atoms with E-state index in [1.807, 2.05) is 25.1 Å². The SMILES string of the molecule is C=C1C(=O)N(Cc2ccc(OC)cc2OC)CC1C. The molecule has 0 aromatic heterocycles. The predicted octanol–water partition coefficient (Wildman–Crippen LogP) is 2.24. The van der Waals surface area contributed by atoms with Gasteiger partial charge in [-0.3, -0.25) is 4.79 Å². The number of carbonyl (C=O) groups excluding carboxylic acids is 1. The van der Waals surface area contributed by atoms with Crippen LogP contribution in [0, 0.1) is 5.92 Å². The maximum Gasteiger partial charge on any atom is 0.249 e. The van der Waals surface area contributed by atoms with E-state index in [4.69, 9.17) is 9.47 Å². The van der Waals surface area contributed by atoms with E-state index in [9.17, 15) is 4.79 Å². The number of rotatable bonds is 4. The molecule has 1 saturated heterocycles. The van der Waals surface area contributed by atoms with Crippen LogP contribution in [0.3, 0.4) is 0 Å². The molecule has 0 radical (unpaired) electrons. The van der Waals surface area contributed by atoms with Crippen molar-refractivity contribution in [3.05, 3.63) is 35.9 Å². The third-order valence-corrected chi connectivity index (χ3v) is 3.51. The van der Waals surface area contributed by atoms with Crippen molar-refractivity contribution in [1.29, 1.82) is 0 Å². The Balaban J connectivity index is 2.20. The van der Waals surface area contributed by atoms with Crippen molar-refractivity contribution in [3.8, 4) is 11.5 Å². The summed E-state index contributed by atoms with van der Waals surface area (Å²) in [6.07, 6.45) is 0. The third-order valence-electron chi connectivity index (χ3n) is 3.51. The van der Waals surface area contributed by atoms with Crippen LogP contribution < -0.4 is 9.47 Å². The zero-order valence-electron chi connectivity index (χ0n) is 11.6. The number of benzene rings is 1. The zero-order chi connectivity index (χ0) is 14.0. The predicted molar refractivity (Wildman–Crippen MR) is 73.3 cm³/mol. The molecule has 1 aliphatic heterocycles. The molecule has 1 aromatic rings. The van der Waals surface area contributed by atoms with Crippen molar-refractivity contribution in [2.75, 3.05) is 20.8 Å². The van der Waals surface area contributed by atoms with Gasteiger partial charge < -0.3 is 14.4 Å². The van der Waals surface area contributed by atoms with Crippen LogP contribution in [0.4, 0.5) is 0 Å². The van der Waals surface area contributed by atoms with Gasteiger partial charge in [0.25, 0.3) is 0 Å². The van der Waals surface area contributed by atoms with Crippen LogP contribution in [0.25, 0.3) is 0 Å². The van der Waals surface area contributed by atoms with Crippen LogP contribution in [-0.2, 0) is 11.3 Å². The summed E-state index contributed by atoms with van der Waals surface area (Å²) in [4.78, 5) is 13.8. The molecule has 1 aliphatic rings. The summed E-state index contributed by atoms with van der Waals surface area (Å²) in [6.45, 7) is 7.11. The highest BCUT2D eigenvalue weighted by Gasteiger charge is 2.30. The van der Waals surface area contributed by atoms with Crippen molar-refractivity contribution in [2.24, 2.45) is 5.92 Å². The van der Waals surface area contributed by atoms with Crippen molar-refractivity contribution in [1.82, 2.24) is 4.90 Å². The lowest BCUT2D eigenvalue weighted by atomic mass is 10.1. The van der Waals surface area contributed by atoms with Crippen molar-refractivity contribution >= 4 is 5.91 Å². The first-order valence-electron chi connectivity index (χ1n) is 6.25. The van der Waals surface area contributed by atoms with Gasteiger partial charge in [0.15, 0.2) is 0 Å². The van der Waals surface area contributed by atoms with Crippen LogP contribution in [0.1, 0.15) is 12.5 Å². The van der Waals surface area contributed by atoms with Gasteiger partial charge in [0, 0.05) is 36.2 Å². The van der Waals surface area contributed by atoms with Crippen LogP contribution >= 0.6 is 0 Å². The number of carbonyl (C=O) groups is 1. The zero-order valence-corrected chi connectivity index (χ0v) is 11.6. The highest BCUT2D eigenvalue weighted by molar-refractivity contribution is 5.95. The van der Waals surface area contributed by atoms with Crippen LogP contribution in [0.5, 0.6) is 11.5 Å². The molecule has 0 N–H and O–H groups in total. The Morgan fingerprint density at radius 3 is 2.63 bits per heavy atom. The summed E-state index contributed by atoms with van der Waals surface area (Å²) in [5.74, 6) is 1.73. The second-order valence-corrected chi connectivity index (χ2v) is 4.79. The average molecular weight is 261 g/mol. The molecule has 1 atom stereocenters. The number of hydrogen-bond donors (Lipinski definition) is 0. The summed E-state index contributed by atoms with van der Waals surface area (Å²) in [6, 6.07) is 5.63. The number of ether oxygens (including phenoxy) is 2. The summed E-state index contributed by atoms with van der Waals surface area (Å²) in [5.41, 5.74) is 1.66. The molecule has 102 valence electrons. The van der Waals surface area contributed by atoms with E-state index in [0.29, 0.717) is 18.7 Å². The Kier molecular flexibility index (Phi) is 3.79.